The first-order chi connectivity index (χ1) is 7.38. The lowest BCUT2D eigenvalue weighted by molar-refractivity contribution is 0.0548. The van der Waals surface area contributed by atoms with Crippen molar-refractivity contribution in [2.45, 2.75) is 10.3 Å². The Labute approximate surface area is 97.8 Å². The number of hydrogen-bond donors (Lipinski definition) is 1. The molecule has 0 amide bonds. The first kappa shape index (κ1) is 11.2. The van der Waals surface area contributed by atoms with Gasteiger partial charge in [0, 0.05) is 30.4 Å². The van der Waals surface area contributed by atoms with E-state index in [2.05, 4.69) is 9.29 Å². The van der Waals surface area contributed by atoms with E-state index in [-0.39, 0.29) is 5.44 Å². The van der Waals surface area contributed by atoms with Gasteiger partial charge < -0.3 is 4.74 Å². The van der Waals surface area contributed by atoms with Gasteiger partial charge in [-0.1, -0.05) is 11.9 Å². The van der Waals surface area contributed by atoms with Gasteiger partial charge in [0.2, 0.25) is 0 Å². The van der Waals surface area contributed by atoms with E-state index >= 15 is 0 Å². The minimum Gasteiger partial charge on any atom is -0.364 e. The van der Waals surface area contributed by atoms with Gasteiger partial charge in [0.1, 0.15) is 5.44 Å². The minimum absolute atomic E-state index is 0.0908. The molecule has 1 atom stereocenters. The number of pyridine rings is 1. The van der Waals surface area contributed by atoms with Gasteiger partial charge in [0.25, 0.3) is 0 Å². The van der Waals surface area contributed by atoms with Crippen LogP contribution in [0.25, 0.3) is 0 Å². The van der Waals surface area contributed by atoms with E-state index < -0.39 is 0 Å². The SMILES string of the molecule is NSC1CN(Sc2ccncc2)CCO1. The van der Waals surface area contributed by atoms with Crippen LogP contribution in [0.3, 0.4) is 0 Å². The van der Waals surface area contributed by atoms with Gasteiger partial charge in [0.15, 0.2) is 0 Å². The molecule has 1 fully saturated rings. The molecule has 0 aromatic carbocycles. The summed E-state index contributed by atoms with van der Waals surface area (Å²) in [5.74, 6) is 0. The topological polar surface area (TPSA) is 51.4 Å². The van der Waals surface area contributed by atoms with E-state index in [1.165, 1.54) is 16.8 Å². The van der Waals surface area contributed by atoms with Crippen LogP contribution < -0.4 is 5.14 Å². The summed E-state index contributed by atoms with van der Waals surface area (Å²) in [5.41, 5.74) is 0.0908. The van der Waals surface area contributed by atoms with Gasteiger partial charge in [-0.3, -0.25) is 10.1 Å². The summed E-state index contributed by atoms with van der Waals surface area (Å²) in [6, 6.07) is 4.01. The van der Waals surface area contributed by atoms with E-state index in [0.29, 0.717) is 0 Å². The van der Waals surface area contributed by atoms with Crippen LogP contribution >= 0.6 is 23.9 Å². The molecule has 0 aliphatic carbocycles. The van der Waals surface area contributed by atoms with Crippen LogP contribution in [0.1, 0.15) is 0 Å². The molecule has 2 rings (SSSR count). The number of hydrogen-bond acceptors (Lipinski definition) is 6. The van der Waals surface area contributed by atoms with Crippen molar-refractivity contribution >= 4 is 23.9 Å². The van der Waals surface area contributed by atoms with Crippen LogP contribution in [-0.4, -0.2) is 34.4 Å². The van der Waals surface area contributed by atoms with E-state index in [0.717, 1.165) is 19.7 Å². The Morgan fingerprint density at radius 1 is 1.47 bits per heavy atom. The van der Waals surface area contributed by atoms with Crippen molar-refractivity contribution in [3.05, 3.63) is 24.5 Å². The molecule has 2 N–H and O–H groups in total. The fraction of sp³-hybridized carbons (Fsp3) is 0.444. The maximum Gasteiger partial charge on any atom is 0.130 e. The third kappa shape index (κ3) is 3.35. The number of morpholine rings is 1. The fourth-order valence-electron chi connectivity index (χ4n) is 1.31. The fourth-order valence-corrected chi connectivity index (χ4v) is 2.76. The number of nitrogens with zero attached hydrogens (tertiary/aromatic N) is 2. The van der Waals surface area contributed by atoms with Crippen LogP contribution in [0.2, 0.25) is 0 Å². The minimum atomic E-state index is 0.0908. The number of ether oxygens (including phenoxy) is 1. The quantitative estimate of drug-likeness (QED) is 0.809. The van der Waals surface area contributed by atoms with Crippen molar-refractivity contribution in [2.24, 2.45) is 5.14 Å². The van der Waals surface area contributed by atoms with Crippen molar-refractivity contribution < 1.29 is 4.74 Å². The monoisotopic (exact) mass is 243 g/mol. The summed E-state index contributed by atoms with van der Waals surface area (Å²) in [5, 5.41) is 5.50. The molecule has 1 unspecified atom stereocenters. The van der Waals surface area contributed by atoms with E-state index in [9.17, 15) is 0 Å². The normalized spacial score (nSPS) is 22.9. The summed E-state index contributed by atoms with van der Waals surface area (Å²) in [7, 11) is 0. The van der Waals surface area contributed by atoms with Gasteiger partial charge in [-0.25, -0.2) is 4.31 Å². The highest BCUT2D eigenvalue weighted by molar-refractivity contribution is 7.98. The summed E-state index contributed by atoms with van der Waals surface area (Å²) >= 11 is 3.00. The molecule has 15 heavy (non-hydrogen) atoms. The van der Waals surface area contributed by atoms with Crippen LogP contribution in [0.4, 0.5) is 0 Å². The lowest BCUT2D eigenvalue weighted by Gasteiger charge is -2.30. The van der Waals surface area contributed by atoms with E-state index in [1.807, 2.05) is 12.1 Å². The van der Waals surface area contributed by atoms with E-state index in [1.54, 1.807) is 24.3 Å². The van der Waals surface area contributed by atoms with Crippen molar-refractivity contribution in [3.63, 3.8) is 0 Å². The largest absolute Gasteiger partial charge is 0.364 e. The Morgan fingerprint density at radius 3 is 3.00 bits per heavy atom. The Hall–Kier alpha value is -0.270. The molecule has 1 aromatic heterocycles. The van der Waals surface area contributed by atoms with Crippen molar-refractivity contribution in [2.75, 3.05) is 19.7 Å². The molecule has 0 bridgehead atoms. The van der Waals surface area contributed by atoms with Crippen LogP contribution in [0.15, 0.2) is 29.4 Å². The van der Waals surface area contributed by atoms with Crippen LogP contribution in [0.5, 0.6) is 0 Å². The third-order valence-electron chi connectivity index (χ3n) is 2.03. The predicted molar refractivity (Wildman–Crippen MR) is 63.2 cm³/mol. The number of aromatic nitrogens is 1. The molecule has 1 aliphatic heterocycles. The molecule has 6 heteroatoms. The Balaban J connectivity index is 1.89. The van der Waals surface area contributed by atoms with Gasteiger partial charge in [-0.15, -0.1) is 0 Å². The summed E-state index contributed by atoms with van der Waals surface area (Å²) in [6.45, 7) is 2.53. The lowest BCUT2D eigenvalue weighted by Crippen LogP contribution is -2.37. The Bertz CT molecular complexity index is 299. The van der Waals surface area contributed by atoms with Crippen molar-refractivity contribution in [3.8, 4) is 0 Å². The molecule has 0 saturated carbocycles. The van der Waals surface area contributed by atoms with Crippen molar-refractivity contribution in [1.82, 2.24) is 9.29 Å². The van der Waals surface area contributed by atoms with Crippen LogP contribution in [-0.2, 0) is 4.74 Å². The highest BCUT2D eigenvalue weighted by Gasteiger charge is 2.20. The van der Waals surface area contributed by atoms with Crippen molar-refractivity contribution in [1.29, 1.82) is 0 Å². The first-order valence-electron chi connectivity index (χ1n) is 4.68. The highest BCUT2D eigenvalue weighted by Crippen LogP contribution is 2.25. The Kier molecular flexibility index (Phi) is 4.28. The summed E-state index contributed by atoms with van der Waals surface area (Å²) < 4.78 is 7.73. The zero-order valence-corrected chi connectivity index (χ0v) is 9.84. The average Bonchev–Trinajstić information content (AvgIpc) is 2.31. The molecule has 1 aliphatic rings. The summed E-state index contributed by atoms with van der Waals surface area (Å²) in [4.78, 5) is 5.19. The van der Waals surface area contributed by atoms with Gasteiger partial charge in [0.05, 0.1) is 6.61 Å². The zero-order valence-electron chi connectivity index (χ0n) is 8.20. The average molecular weight is 243 g/mol. The maximum atomic E-state index is 5.50. The Morgan fingerprint density at radius 2 is 2.27 bits per heavy atom. The van der Waals surface area contributed by atoms with E-state index in [4.69, 9.17) is 9.88 Å². The summed E-state index contributed by atoms with van der Waals surface area (Å²) in [6.07, 6.45) is 3.61. The zero-order chi connectivity index (χ0) is 10.5. The molecule has 4 nitrogen and oxygen atoms in total. The second kappa shape index (κ2) is 5.72. The first-order valence-corrected chi connectivity index (χ1v) is 6.40. The number of nitrogens with two attached hydrogens (primary N) is 1. The molecular formula is C9H13N3OS2. The molecule has 1 saturated heterocycles. The second-order valence-electron chi connectivity index (χ2n) is 3.10. The number of rotatable bonds is 3. The maximum absolute atomic E-state index is 5.50. The van der Waals surface area contributed by atoms with Gasteiger partial charge in [-0.2, -0.15) is 0 Å². The molecule has 0 spiro atoms. The standard InChI is InChI=1S/C9H13N3OS2/c10-14-9-7-12(5-6-13-9)15-8-1-3-11-4-2-8/h1-4,9H,5-7,10H2. The van der Waals surface area contributed by atoms with Gasteiger partial charge in [-0.05, 0) is 24.1 Å². The predicted octanol–water partition coefficient (Wildman–Crippen LogP) is 1.35. The molecule has 2 heterocycles. The highest BCUT2D eigenvalue weighted by atomic mass is 32.2. The second-order valence-corrected chi connectivity index (χ2v) is 5.07. The molecular weight excluding hydrogens is 230 g/mol. The molecule has 1 aromatic rings. The lowest BCUT2D eigenvalue weighted by atomic mass is 10.5. The molecule has 82 valence electrons. The van der Waals surface area contributed by atoms with Gasteiger partial charge >= 0.3 is 0 Å². The van der Waals surface area contributed by atoms with Crippen LogP contribution in [0, 0.1) is 0 Å². The third-order valence-corrected chi connectivity index (χ3v) is 3.69. The molecule has 0 radical (unpaired) electrons. The smallest absolute Gasteiger partial charge is 0.130 e.